The fourth-order valence-electron chi connectivity index (χ4n) is 5.24. The van der Waals surface area contributed by atoms with E-state index in [-0.39, 0.29) is 11.9 Å². The normalized spacial score (nSPS) is 31.0. The number of carbonyl (C=O) groups excluding carboxylic acids is 1. The van der Waals surface area contributed by atoms with Crippen LogP contribution in [0.5, 0.6) is 0 Å². The quantitative estimate of drug-likeness (QED) is 0.757. The molecule has 1 atom stereocenters. The largest absolute Gasteiger partial charge is 0.417 e. The average molecular weight is 411 g/mol. The van der Waals surface area contributed by atoms with Gasteiger partial charge in [0.2, 0.25) is 5.91 Å². The van der Waals surface area contributed by atoms with E-state index in [1.165, 1.54) is 6.07 Å². The number of rotatable bonds is 3. The molecular formula is C21H28F3N3O2. The standard InChI is InChI=1S/C21H28F3N3O2/c1-29-17-6-4-16(5-7-17)27-12-10-20(19(27)28)9-2-11-26(14-20)18-8-3-15(13-25-18)21(22,23)24/h3,8,13,16-17H,2,4-7,9-12,14H2,1H3/t16-,17-,20?. The molecule has 160 valence electrons. The summed E-state index contributed by atoms with van der Waals surface area (Å²) in [6.07, 6.45) is 3.22. The molecule has 3 heterocycles. The first-order valence-corrected chi connectivity index (χ1v) is 10.4. The van der Waals surface area contributed by atoms with Crippen LogP contribution in [0.2, 0.25) is 0 Å². The van der Waals surface area contributed by atoms with Crippen LogP contribution >= 0.6 is 0 Å². The van der Waals surface area contributed by atoms with Crippen molar-refractivity contribution in [3.8, 4) is 0 Å². The van der Waals surface area contributed by atoms with E-state index in [1.54, 1.807) is 7.11 Å². The second-order valence-electron chi connectivity index (χ2n) is 8.62. The number of piperidine rings is 1. The van der Waals surface area contributed by atoms with Gasteiger partial charge in [-0.1, -0.05) is 0 Å². The Kier molecular flexibility index (Phi) is 5.48. The van der Waals surface area contributed by atoms with Crippen LogP contribution in [0.15, 0.2) is 18.3 Å². The molecule has 1 aromatic heterocycles. The molecule has 0 radical (unpaired) electrons. The first-order valence-electron chi connectivity index (χ1n) is 10.4. The Labute approximate surface area is 169 Å². The van der Waals surface area contributed by atoms with Crippen molar-refractivity contribution in [1.82, 2.24) is 9.88 Å². The van der Waals surface area contributed by atoms with Gasteiger partial charge in [0, 0.05) is 39.0 Å². The zero-order valence-corrected chi connectivity index (χ0v) is 16.7. The maximum Gasteiger partial charge on any atom is 0.417 e. The summed E-state index contributed by atoms with van der Waals surface area (Å²) in [5.74, 6) is 0.735. The van der Waals surface area contributed by atoms with Crippen LogP contribution in [-0.2, 0) is 15.7 Å². The van der Waals surface area contributed by atoms with Gasteiger partial charge in [-0.05, 0) is 57.1 Å². The number of hydrogen-bond acceptors (Lipinski definition) is 4. The molecule has 5 nitrogen and oxygen atoms in total. The van der Waals surface area contributed by atoms with E-state index >= 15 is 0 Å². The second-order valence-corrected chi connectivity index (χ2v) is 8.62. The third kappa shape index (κ3) is 3.96. The first kappa shape index (κ1) is 20.4. The Morgan fingerprint density at radius 1 is 1.14 bits per heavy atom. The number of alkyl halides is 3. The molecule has 29 heavy (non-hydrogen) atoms. The fourth-order valence-corrected chi connectivity index (χ4v) is 5.24. The summed E-state index contributed by atoms with van der Waals surface area (Å²) in [5.41, 5.74) is -1.18. The highest BCUT2D eigenvalue weighted by molar-refractivity contribution is 5.86. The van der Waals surface area contributed by atoms with Gasteiger partial charge < -0.3 is 14.5 Å². The van der Waals surface area contributed by atoms with Gasteiger partial charge in [0.25, 0.3) is 0 Å². The zero-order valence-electron chi connectivity index (χ0n) is 16.7. The lowest BCUT2D eigenvalue weighted by Gasteiger charge is -2.41. The fraction of sp³-hybridized carbons (Fsp3) is 0.714. The number of methoxy groups -OCH3 is 1. The van der Waals surface area contributed by atoms with Crippen molar-refractivity contribution in [2.45, 2.75) is 63.3 Å². The Morgan fingerprint density at radius 3 is 2.52 bits per heavy atom. The highest BCUT2D eigenvalue weighted by atomic mass is 19.4. The zero-order chi connectivity index (χ0) is 20.6. The molecule has 0 bridgehead atoms. The van der Waals surface area contributed by atoms with Crippen LogP contribution in [0, 0.1) is 5.41 Å². The molecule has 1 spiro atoms. The number of hydrogen-bond donors (Lipinski definition) is 0. The van der Waals surface area contributed by atoms with Gasteiger partial charge in [0.15, 0.2) is 0 Å². The van der Waals surface area contributed by atoms with E-state index in [4.69, 9.17) is 4.74 Å². The Hall–Kier alpha value is -1.83. The molecule has 1 aromatic rings. The van der Waals surface area contributed by atoms with E-state index in [0.717, 1.165) is 63.8 Å². The summed E-state index contributed by atoms with van der Waals surface area (Å²) in [6, 6.07) is 2.78. The number of aromatic nitrogens is 1. The van der Waals surface area contributed by atoms with Gasteiger partial charge in [-0.15, -0.1) is 0 Å². The molecular weight excluding hydrogens is 383 g/mol. The van der Waals surface area contributed by atoms with Gasteiger partial charge in [-0.2, -0.15) is 13.2 Å². The second kappa shape index (κ2) is 7.78. The predicted molar refractivity (Wildman–Crippen MR) is 103 cm³/mol. The smallest absolute Gasteiger partial charge is 0.381 e. The topological polar surface area (TPSA) is 45.7 Å². The molecule has 3 aliphatic rings. The van der Waals surface area contributed by atoms with E-state index in [9.17, 15) is 18.0 Å². The molecule has 1 aliphatic carbocycles. The van der Waals surface area contributed by atoms with Crippen molar-refractivity contribution < 1.29 is 22.7 Å². The van der Waals surface area contributed by atoms with Crippen LogP contribution in [0.25, 0.3) is 0 Å². The highest BCUT2D eigenvalue weighted by Crippen LogP contribution is 2.43. The molecule has 1 saturated carbocycles. The molecule has 1 unspecified atom stereocenters. The summed E-state index contributed by atoms with van der Waals surface area (Å²) >= 11 is 0. The summed E-state index contributed by atoms with van der Waals surface area (Å²) in [7, 11) is 1.74. The molecule has 2 aliphatic heterocycles. The SMILES string of the molecule is CO[C@H]1CC[C@H](N2CCC3(CCCN(c4ccc(C(F)(F)F)cn4)C3)C2=O)CC1. The number of pyridine rings is 1. The number of likely N-dealkylation sites (tertiary alicyclic amines) is 1. The minimum absolute atomic E-state index is 0.218. The number of nitrogens with zero attached hydrogens (tertiary/aromatic N) is 3. The Bertz CT molecular complexity index is 732. The van der Waals surface area contributed by atoms with Crippen LogP contribution in [-0.4, -0.2) is 54.7 Å². The minimum atomic E-state index is -4.39. The molecule has 0 aromatic carbocycles. The molecule has 1 amide bonds. The van der Waals surface area contributed by atoms with Crippen LogP contribution < -0.4 is 4.90 Å². The Balaban J connectivity index is 1.44. The van der Waals surface area contributed by atoms with Gasteiger partial charge in [-0.3, -0.25) is 4.79 Å². The lowest BCUT2D eigenvalue weighted by atomic mass is 9.78. The van der Waals surface area contributed by atoms with Gasteiger partial charge in [-0.25, -0.2) is 4.98 Å². The van der Waals surface area contributed by atoms with Gasteiger partial charge in [0.05, 0.1) is 17.1 Å². The Morgan fingerprint density at radius 2 is 1.90 bits per heavy atom. The lowest BCUT2D eigenvalue weighted by molar-refractivity contribution is -0.139. The summed E-state index contributed by atoms with van der Waals surface area (Å²) in [5, 5.41) is 0. The number of anilines is 1. The number of amides is 1. The number of halogens is 3. The third-order valence-corrected chi connectivity index (χ3v) is 6.94. The van der Waals surface area contributed by atoms with Crippen molar-refractivity contribution in [1.29, 1.82) is 0 Å². The molecule has 0 N–H and O–H groups in total. The van der Waals surface area contributed by atoms with Gasteiger partial charge in [0.1, 0.15) is 5.82 Å². The van der Waals surface area contributed by atoms with Crippen molar-refractivity contribution >= 4 is 11.7 Å². The predicted octanol–water partition coefficient (Wildman–Crippen LogP) is 3.88. The monoisotopic (exact) mass is 411 g/mol. The molecule has 4 rings (SSSR count). The summed E-state index contributed by atoms with van der Waals surface area (Å²) in [6.45, 7) is 2.02. The highest BCUT2D eigenvalue weighted by Gasteiger charge is 2.50. The summed E-state index contributed by atoms with van der Waals surface area (Å²) in [4.78, 5) is 21.5. The number of ether oxygens (including phenoxy) is 1. The van der Waals surface area contributed by atoms with Crippen molar-refractivity contribution in [2.24, 2.45) is 5.41 Å². The van der Waals surface area contributed by atoms with E-state index < -0.39 is 17.2 Å². The van der Waals surface area contributed by atoms with E-state index in [0.29, 0.717) is 25.0 Å². The summed E-state index contributed by atoms with van der Waals surface area (Å²) < 4.78 is 43.9. The molecule has 8 heteroatoms. The van der Waals surface area contributed by atoms with Crippen LogP contribution in [0.4, 0.5) is 19.0 Å². The minimum Gasteiger partial charge on any atom is -0.381 e. The van der Waals surface area contributed by atoms with Crippen molar-refractivity contribution in [2.75, 3.05) is 31.6 Å². The average Bonchev–Trinajstić information content (AvgIpc) is 3.03. The van der Waals surface area contributed by atoms with Gasteiger partial charge >= 0.3 is 6.18 Å². The van der Waals surface area contributed by atoms with Crippen molar-refractivity contribution in [3.05, 3.63) is 23.9 Å². The lowest BCUT2D eigenvalue weighted by Crippen LogP contribution is -2.50. The number of carbonyl (C=O) groups is 1. The first-order chi connectivity index (χ1) is 13.8. The van der Waals surface area contributed by atoms with E-state index in [2.05, 4.69) is 9.88 Å². The molecule has 2 saturated heterocycles. The van der Waals surface area contributed by atoms with E-state index in [1.807, 2.05) is 4.90 Å². The maximum atomic E-state index is 13.4. The third-order valence-electron chi connectivity index (χ3n) is 6.94. The maximum absolute atomic E-state index is 13.4. The molecule has 3 fully saturated rings. The van der Waals surface area contributed by atoms with Crippen LogP contribution in [0.3, 0.4) is 0 Å². The van der Waals surface area contributed by atoms with Crippen LogP contribution in [0.1, 0.15) is 50.5 Å². The van der Waals surface area contributed by atoms with Crippen molar-refractivity contribution in [3.63, 3.8) is 0 Å².